The van der Waals surface area contributed by atoms with Crippen LogP contribution in [0.2, 0.25) is 0 Å². The highest BCUT2D eigenvalue weighted by Crippen LogP contribution is 2.30. The number of hydrogen-bond donors (Lipinski definition) is 1. The molecule has 88 valence electrons. The first-order valence-electron chi connectivity index (χ1n) is 5.35. The molecule has 0 amide bonds. The number of carbonyl (C=O) groups is 1. The zero-order valence-electron chi connectivity index (χ0n) is 8.86. The van der Waals surface area contributed by atoms with Crippen LogP contribution in [-0.2, 0) is 11.3 Å². The number of nitrogens with zero attached hydrogens (tertiary/aromatic N) is 1. The summed E-state index contributed by atoms with van der Waals surface area (Å²) in [6.45, 7) is 1.55. The van der Waals surface area contributed by atoms with Gasteiger partial charge in [0.15, 0.2) is 0 Å². The average Bonchev–Trinajstić information content (AvgIpc) is 2.98. The zero-order valence-corrected chi connectivity index (χ0v) is 11.3. The molecule has 2 rings (SSSR count). The normalized spacial score (nSPS) is 15.6. The highest BCUT2D eigenvalue weighted by atomic mass is 79.9. The van der Waals surface area contributed by atoms with E-state index in [1.807, 2.05) is 6.07 Å². The summed E-state index contributed by atoms with van der Waals surface area (Å²) in [6.07, 6.45) is 2.67. The Labute approximate surface area is 107 Å². The summed E-state index contributed by atoms with van der Waals surface area (Å²) >= 11 is 5.17. The lowest BCUT2D eigenvalue weighted by atomic mass is 10.3. The number of carboxylic acids is 1. The summed E-state index contributed by atoms with van der Waals surface area (Å²) in [5.74, 6) is -0.710. The summed E-state index contributed by atoms with van der Waals surface area (Å²) in [5, 5.41) is 8.70. The van der Waals surface area contributed by atoms with Crippen LogP contribution < -0.4 is 0 Å². The quantitative estimate of drug-likeness (QED) is 0.878. The Bertz CT molecular complexity index is 376. The number of hydrogen-bond acceptors (Lipinski definition) is 3. The SMILES string of the molecule is O=C(O)CCN(Cc1ccc(Br)s1)C1CC1. The van der Waals surface area contributed by atoms with Crippen molar-refractivity contribution in [3.05, 3.63) is 20.8 Å². The minimum atomic E-state index is -0.710. The van der Waals surface area contributed by atoms with E-state index in [2.05, 4.69) is 26.9 Å². The fourth-order valence-electron chi connectivity index (χ4n) is 1.71. The Balaban J connectivity index is 1.89. The molecular weight excluding hydrogens is 290 g/mol. The largest absolute Gasteiger partial charge is 0.481 e. The maximum atomic E-state index is 10.6. The van der Waals surface area contributed by atoms with E-state index in [1.54, 1.807) is 11.3 Å². The van der Waals surface area contributed by atoms with Gasteiger partial charge in [0.2, 0.25) is 0 Å². The van der Waals surface area contributed by atoms with Gasteiger partial charge in [0.05, 0.1) is 10.2 Å². The van der Waals surface area contributed by atoms with Crippen molar-refractivity contribution in [3.63, 3.8) is 0 Å². The van der Waals surface area contributed by atoms with Crippen molar-refractivity contribution in [1.29, 1.82) is 0 Å². The van der Waals surface area contributed by atoms with Crippen LogP contribution in [0.4, 0.5) is 0 Å². The molecule has 0 aliphatic heterocycles. The van der Waals surface area contributed by atoms with Gasteiger partial charge in [-0.25, -0.2) is 0 Å². The van der Waals surface area contributed by atoms with Gasteiger partial charge in [0, 0.05) is 24.0 Å². The maximum Gasteiger partial charge on any atom is 0.304 e. The smallest absolute Gasteiger partial charge is 0.304 e. The minimum Gasteiger partial charge on any atom is -0.481 e. The van der Waals surface area contributed by atoms with Crippen molar-refractivity contribution in [2.75, 3.05) is 6.54 Å². The second-order valence-corrected chi connectivity index (χ2v) is 6.60. The number of carboxylic acid groups (broad SMARTS) is 1. The first-order valence-corrected chi connectivity index (χ1v) is 6.96. The fraction of sp³-hybridized carbons (Fsp3) is 0.545. The Kier molecular flexibility index (Phi) is 4.00. The van der Waals surface area contributed by atoms with Crippen LogP contribution >= 0.6 is 27.3 Å². The Morgan fingerprint density at radius 3 is 2.81 bits per heavy atom. The van der Waals surface area contributed by atoms with Crippen LogP contribution in [0.25, 0.3) is 0 Å². The minimum absolute atomic E-state index is 0.239. The highest BCUT2D eigenvalue weighted by molar-refractivity contribution is 9.11. The predicted octanol–water partition coefficient (Wildman–Crippen LogP) is 2.95. The van der Waals surface area contributed by atoms with Gasteiger partial charge in [-0.1, -0.05) is 0 Å². The van der Waals surface area contributed by atoms with Crippen LogP contribution in [0.3, 0.4) is 0 Å². The molecule has 5 heteroatoms. The molecule has 1 heterocycles. The number of thiophene rings is 1. The van der Waals surface area contributed by atoms with E-state index in [1.165, 1.54) is 17.7 Å². The first kappa shape index (κ1) is 12.1. The summed E-state index contributed by atoms with van der Waals surface area (Å²) in [5.41, 5.74) is 0. The van der Waals surface area contributed by atoms with E-state index < -0.39 is 5.97 Å². The van der Waals surface area contributed by atoms with E-state index in [0.717, 1.165) is 10.3 Å². The third kappa shape index (κ3) is 3.57. The molecule has 0 unspecified atom stereocenters. The predicted molar refractivity (Wildman–Crippen MR) is 67.7 cm³/mol. The molecule has 3 nitrogen and oxygen atoms in total. The molecule has 1 aliphatic rings. The van der Waals surface area contributed by atoms with Crippen molar-refractivity contribution in [2.45, 2.75) is 31.8 Å². The molecule has 1 saturated carbocycles. The second-order valence-electron chi connectivity index (χ2n) is 4.05. The lowest BCUT2D eigenvalue weighted by molar-refractivity contribution is -0.137. The van der Waals surface area contributed by atoms with Gasteiger partial charge in [-0.15, -0.1) is 11.3 Å². The van der Waals surface area contributed by atoms with Crippen LogP contribution in [0.15, 0.2) is 15.9 Å². The number of rotatable bonds is 6. The molecule has 1 aromatic heterocycles. The van der Waals surface area contributed by atoms with Crippen molar-refractivity contribution in [1.82, 2.24) is 4.90 Å². The van der Waals surface area contributed by atoms with Gasteiger partial charge < -0.3 is 5.11 Å². The van der Waals surface area contributed by atoms with Crippen LogP contribution in [0, 0.1) is 0 Å². The Morgan fingerprint density at radius 1 is 1.56 bits per heavy atom. The lowest BCUT2D eigenvalue weighted by Gasteiger charge is -2.19. The molecule has 1 fully saturated rings. The van der Waals surface area contributed by atoms with Crippen molar-refractivity contribution < 1.29 is 9.90 Å². The second kappa shape index (κ2) is 5.29. The van der Waals surface area contributed by atoms with Gasteiger partial charge in [-0.05, 0) is 40.9 Å². The topological polar surface area (TPSA) is 40.5 Å². The summed E-state index contributed by atoms with van der Waals surface area (Å²) < 4.78 is 1.14. The van der Waals surface area contributed by atoms with Gasteiger partial charge in [0.1, 0.15) is 0 Å². The van der Waals surface area contributed by atoms with Crippen LogP contribution in [-0.4, -0.2) is 28.6 Å². The Hall–Kier alpha value is -0.390. The van der Waals surface area contributed by atoms with E-state index in [4.69, 9.17) is 5.11 Å². The number of aliphatic carboxylic acids is 1. The van der Waals surface area contributed by atoms with Gasteiger partial charge in [-0.3, -0.25) is 9.69 Å². The van der Waals surface area contributed by atoms with Crippen molar-refractivity contribution in [3.8, 4) is 0 Å². The summed E-state index contributed by atoms with van der Waals surface area (Å²) in [4.78, 5) is 14.2. The third-order valence-electron chi connectivity index (χ3n) is 2.66. The van der Waals surface area contributed by atoms with E-state index in [9.17, 15) is 4.79 Å². The highest BCUT2D eigenvalue weighted by Gasteiger charge is 2.29. The molecule has 16 heavy (non-hydrogen) atoms. The van der Waals surface area contributed by atoms with Crippen molar-refractivity contribution >= 4 is 33.2 Å². The molecule has 0 aromatic carbocycles. The van der Waals surface area contributed by atoms with Gasteiger partial charge in [0.25, 0.3) is 0 Å². The lowest BCUT2D eigenvalue weighted by Crippen LogP contribution is -2.27. The summed E-state index contributed by atoms with van der Waals surface area (Å²) in [7, 11) is 0. The first-order chi connectivity index (χ1) is 7.65. The third-order valence-corrected chi connectivity index (χ3v) is 4.27. The zero-order chi connectivity index (χ0) is 11.5. The Morgan fingerprint density at radius 2 is 2.31 bits per heavy atom. The molecular formula is C11H14BrNO2S. The molecule has 0 bridgehead atoms. The van der Waals surface area contributed by atoms with Gasteiger partial charge in [-0.2, -0.15) is 0 Å². The number of halogens is 1. The van der Waals surface area contributed by atoms with Crippen molar-refractivity contribution in [2.24, 2.45) is 0 Å². The molecule has 1 N–H and O–H groups in total. The van der Waals surface area contributed by atoms with E-state index in [-0.39, 0.29) is 6.42 Å². The molecule has 0 saturated heterocycles. The van der Waals surface area contributed by atoms with Crippen LogP contribution in [0.5, 0.6) is 0 Å². The summed E-state index contributed by atoms with van der Waals surface area (Å²) in [6, 6.07) is 4.76. The molecule has 0 radical (unpaired) electrons. The monoisotopic (exact) mass is 303 g/mol. The fourth-order valence-corrected chi connectivity index (χ4v) is 3.22. The maximum absolute atomic E-state index is 10.6. The van der Waals surface area contributed by atoms with E-state index in [0.29, 0.717) is 12.6 Å². The molecule has 1 aromatic rings. The standard InChI is InChI=1S/C11H14BrNO2S/c12-10-4-3-9(16-10)7-13(8-1-2-8)6-5-11(14)15/h3-4,8H,1-2,5-7H2,(H,14,15). The van der Waals surface area contributed by atoms with Crippen LogP contribution in [0.1, 0.15) is 24.1 Å². The van der Waals surface area contributed by atoms with Gasteiger partial charge >= 0.3 is 5.97 Å². The average molecular weight is 304 g/mol. The van der Waals surface area contributed by atoms with E-state index >= 15 is 0 Å². The molecule has 1 aliphatic carbocycles. The molecule has 0 atom stereocenters. The molecule has 0 spiro atoms.